The van der Waals surface area contributed by atoms with Crippen molar-refractivity contribution in [2.75, 3.05) is 51.3 Å². The number of hydrogen-bond acceptors (Lipinski definition) is 10. The van der Waals surface area contributed by atoms with Crippen molar-refractivity contribution in [1.29, 1.82) is 0 Å². The number of nitrogens with zero attached hydrogens (tertiary/aromatic N) is 2. The van der Waals surface area contributed by atoms with Crippen LogP contribution in [0.4, 0.5) is 16.2 Å². The molecular formula is C24H30BrN5O9S. The summed E-state index contributed by atoms with van der Waals surface area (Å²) < 4.78 is 38.6. The van der Waals surface area contributed by atoms with Gasteiger partial charge in [0.2, 0.25) is 0 Å². The fourth-order valence-electron chi connectivity index (χ4n) is 4.18. The molecule has 40 heavy (non-hydrogen) atoms. The van der Waals surface area contributed by atoms with Crippen LogP contribution in [0.5, 0.6) is 5.75 Å². The SMILES string of the molecule is O.O=C(NS(=O)(=O)c1ccc(NCC2CCOCC2)c([N+](=O)[O-])c1)c1ccc(OC(=O)N2CCNCC2)cc1Br. The fourth-order valence-corrected chi connectivity index (χ4v) is 5.70. The van der Waals surface area contributed by atoms with Crippen LogP contribution in [0.3, 0.4) is 0 Å². The van der Waals surface area contributed by atoms with Gasteiger partial charge < -0.3 is 30.5 Å². The lowest BCUT2D eigenvalue weighted by Crippen LogP contribution is -2.47. The normalized spacial score (nSPS) is 16.0. The summed E-state index contributed by atoms with van der Waals surface area (Å²) in [6, 6.07) is 7.48. The largest absolute Gasteiger partial charge is 0.415 e. The summed E-state index contributed by atoms with van der Waals surface area (Å²) in [4.78, 5) is 37.2. The van der Waals surface area contributed by atoms with E-state index < -0.39 is 37.5 Å². The molecule has 0 spiro atoms. The Kier molecular flexibility index (Phi) is 10.8. The number of carbonyl (C=O) groups excluding carboxylic acids is 2. The minimum absolute atomic E-state index is 0. The molecule has 0 bridgehead atoms. The molecule has 218 valence electrons. The van der Waals surface area contributed by atoms with Crippen molar-refractivity contribution in [3.05, 3.63) is 56.5 Å². The second-order valence-corrected chi connectivity index (χ2v) is 11.6. The van der Waals surface area contributed by atoms with Crippen LogP contribution in [0, 0.1) is 16.0 Å². The van der Waals surface area contributed by atoms with Gasteiger partial charge in [0, 0.05) is 56.5 Å². The first-order valence-electron chi connectivity index (χ1n) is 12.3. The summed E-state index contributed by atoms with van der Waals surface area (Å²) in [5, 5.41) is 17.8. The number of sulfonamides is 1. The van der Waals surface area contributed by atoms with Crippen molar-refractivity contribution in [1.82, 2.24) is 14.9 Å². The molecule has 0 radical (unpaired) electrons. The lowest BCUT2D eigenvalue weighted by atomic mass is 10.0. The molecule has 0 aliphatic carbocycles. The van der Waals surface area contributed by atoms with Crippen LogP contribution < -0.4 is 20.1 Å². The minimum Gasteiger partial charge on any atom is -0.412 e. The molecular weight excluding hydrogens is 614 g/mol. The van der Waals surface area contributed by atoms with Crippen molar-refractivity contribution < 1.29 is 37.9 Å². The monoisotopic (exact) mass is 643 g/mol. The number of rotatable bonds is 8. The molecule has 2 amide bonds. The molecule has 0 aromatic heterocycles. The van der Waals surface area contributed by atoms with Crippen molar-refractivity contribution in [3.63, 3.8) is 0 Å². The van der Waals surface area contributed by atoms with E-state index in [4.69, 9.17) is 9.47 Å². The molecule has 4 rings (SSSR count). The van der Waals surface area contributed by atoms with E-state index >= 15 is 0 Å². The zero-order chi connectivity index (χ0) is 28.0. The Morgan fingerprint density at radius 3 is 2.50 bits per heavy atom. The highest BCUT2D eigenvalue weighted by Gasteiger charge is 2.26. The lowest BCUT2D eigenvalue weighted by Gasteiger charge is -2.26. The predicted molar refractivity (Wildman–Crippen MR) is 148 cm³/mol. The van der Waals surface area contributed by atoms with Crippen LogP contribution in [-0.4, -0.2) is 81.7 Å². The number of anilines is 1. The highest BCUT2D eigenvalue weighted by Crippen LogP contribution is 2.29. The fraction of sp³-hybridized carbons (Fsp3) is 0.417. The average molecular weight is 645 g/mol. The standard InChI is InChI=1S/C24H28BrN5O8S.H2O/c25-20-13-17(38-24(32)29-9-7-26-8-10-29)1-3-19(20)23(31)28-39(35,36)18-2-4-21(22(14-18)30(33)34)27-15-16-5-11-37-12-6-16;/h1-4,13-14,16,26-27H,5-12,15H2,(H,28,31);1H2. The molecule has 0 unspecified atom stereocenters. The van der Waals surface area contributed by atoms with E-state index in [1.165, 1.54) is 30.3 Å². The van der Waals surface area contributed by atoms with Crippen molar-refractivity contribution in [3.8, 4) is 5.75 Å². The van der Waals surface area contributed by atoms with Crippen LogP contribution in [0.2, 0.25) is 0 Å². The van der Waals surface area contributed by atoms with E-state index in [0.29, 0.717) is 45.9 Å². The molecule has 0 atom stereocenters. The number of piperazine rings is 1. The van der Waals surface area contributed by atoms with Crippen LogP contribution in [0.1, 0.15) is 23.2 Å². The average Bonchev–Trinajstić information content (AvgIpc) is 2.92. The minimum atomic E-state index is -4.44. The Hall–Kier alpha value is -3.31. The van der Waals surface area contributed by atoms with E-state index in [2.05, 4.69) is 26.6 Å². The van der Waals surface area contributed by atoms with Gasteiger partial charge in [-0.1, -0.05) is 0 Å². The van der Waals surface area contributed by atoms with Crippen molar-refractivity contribution in [2.45, 2.75) is 17.7 Å². The highest BCUT2D eigenvalue weighted by molar-refractivity contribution is 9.10. The summed E-state index contributed by atoms with van der Waals surface area (Å²) in [6.45, 7) is 4.07. The molecule has 14 nitrogen and oxygen atoms in total. The zero-order valence-electron chi connectivity index (χ0n) is 21.4. The van der Waals surface area contributed by atoms with E-state index in [1.54, 1.807) is 4.90 Å². The van der Waals surface area contributed by atoms with E-state index in [9.17, 15) is 28.1 Å². The molecule has 16 heteroatoms. The van der Waals surface area contributed by atoms with E-state index in [0.717, 1.165) is 18.9 Å². The van der Waals surface area contributed by atoms with Gasteiger partial charge in [-0.25, -0.2) is 17.9 Å². The number of carbonyl (C=O) groups is 2. The molecule has 2 aromatic rings. The van der Waals surface area contributed by atoms with Gasteiger partial charge in [0.25, 0.3) is 21.6 Å². The Morgan fingerprint density at radius 1 is 1.15 bits per heavy atom. The van der Waals surface area contributed by atoms with Crippen molar-refractivity contribution >= 4 is 49.3 Å². The second kappa shape index (κ2) is 13.8. The number of hydrogen-bond donors (Lipinski definition) is 3. The molecule has 2 fully saturated rings. The molecule has 2 aliphatic rings. The van der Waals surface area contributed by atoms with E-state index in [-0.39, 0.29) is 32.9 Å². The molecule has 0 saturated carbocycles. The number of benzene rings is 2. The third kappa shape index (κ3) is 7.88. The van der Waals surface area contributed by atoms with Gasteiger partial charge in [0.05, 0.1) is 15.4 Å². The first kappa shape index (κ1) is 31.2. The maximum absolute atomic E-state index is 12.9. The third-order valence-corrected chi connectivity index (χ3v) is 8.38. The highest BCUT2D eigenvalue weighted by atomic mass is 79.9. The van der Waals surface area contributed by atoms with Gasteiger partial charge in [-0.15, -0.1) is 0 Å². The van der Waals surface area contributed by atoms with Crippen LogP contribution in [0.15, 0.2) is 45.8 Å². The van der Waals surface area contributed by atoms with Crippen molar-refractivity contribution in [2.24, 2.45) is 5.92 Å². The smallest absolute Gasteiger partial charge is 0.412 e. The summed E-state index contributed by atoms with van der Waals surface area (Å²) >= 11 is 3.21. The molecule has 5 N–H and O–H groups in total. The maximum atomic E-state index is 12.9. The van der Waals surface area contributed by atoms with Crippen LogP contribution in [0.25, 0.3) is 0 Å². The predicted octanol–water partition coefficient (Wildman–Crippen LogP) is 1.89. The lowest BCUT2D eigenvalue weighted by molar-refractivity contribution is -0.384. The molecule has 2 aromatic carbocycles. The number of nitro groups is 1. The maximum Gasteiger partial charge on any atom is 0.415 e. The van der Waals surface area contributed by atoms with Gasteiger partial charge >= 0.3 is 6.09 Å². The quantitative estimate of drug-likeness (QED) is 0.282. The first-order valence-corrected chi connectivity index (χ1v) is 14.6. The van der Waals surface area contributed by atoms with Crippen LogP contribution >= 0.6 is 15.9 Å². The van der Waals surface area contributed by atoms with Gasteiger partial charge in [-0.2, -0.15) is 0 Å². The Balaban J connectivity index is 0.00000441. The number of nitrogens with one attached hydrogen (secondary N) is 3. The van der Waals surface area contributed by atoms with Gasteiger partial charge in [-0.3, -0.25) is 14.9 Å². The summed E-state index contributed by atoms with van der Waals surface area (Å²) in [5.41, 5.74) is -0.274. The molecule has 2 heterocycles. The summed E-state index contributed by atoms with van der Waals surface area (Å²) in [6.07, 6.45) is 1.12. The van der Waals surface area contributed by atoms with Gasteiger partial charge in [-0.05, 0) is 65.0 Å². The number of ether oxygens (including phenoxy) is 2. The first-order chi connectivity index (χ1) is 18.6. The number of nitro benzene ring substituents is 1. The second-order valence-electron chi connectivity index (χ2n) is 9.05. The number of amides is 2. The number of halogens is 1. The zero-order valence-corrected chi connectivity index (χ0v) is 23.8. The third-order valence-electron chi connectivity index (χ3n) is 6.39. The Labute approximate surface area is 239 Å². The van der Waals surface area contributed by atoms with Gasteiger partial charge in [0.15, 0.2) is 0 Å². The van der Waals surface area contributed by atoms with Gasteiger partial charge in [0.1, 0.15) is 11.4 Å². The van der Waals surface area contributed by atoms with Crippen LogP contribution in [-0.2, 0) is 14.8 Å². The summed E-state index contributed by atoms with van der Waals surface area (Å²) in [7, 11) is -4.44. The Bertz CT molecular complexity index is 1350. The van der Waals surface area contributed by atoms with E-state index in [1.807, 2.05) is 4.72 Å². The molecule has 2 saturated heterocycles. The Morgan fingerprint density at radius 2 is 1.85 bits per heavy atom. The summed E-state index contributed by atoms with van der Waals surface area (Å²) in [5.74, 6) is -0.507. The topological polar surface area (TPSA) is 201 Å². The molecule has 2 aliphatic heterocycles.